The van der Waals surface area contributed by atoms with Gasteiger partial charge in [0.15, 0.2) is 0 Å². The van der Waals surface area contributed by atoms with Crippen LogP contribution in [0.15, 0.2) is 48.5 Å². The quantitative estimate of drug-likeness (QED) is 0.858. The minimum Gasteiger partial charge on any atom is -0.325 e. The van der Waals surface area contributed by atoms with Gasteiger partial charge in [0, 0.05) is 23.7 Å². The molecule has 2 amide bonds. The molecular formula is C18H14ClF3N2O2. The van der Waals surface area contributed by atoms with Crippen LogP contribution in [0.3, 0.4) is 0 Å². The largest absolute Gasteiger partial charge is 0.418 e. The van der Waals surface area contributed by atoms with Crippen LogP contribution in [-0.4, -0.2) is 18.4 Å². The molecule has 0 bridgehead atoms. The Morgan fingerprint density at radius 2 is 1.77 bits per heavy atom. The smallest absolute Gasteiger partial charge is 0.325 e. The Balaban J connectivity index is 1.74. The van der Waals surface area contributed by atoms with Crippen molar-refractivity contribution in [2.24, 2.45) is 5.92 Å². The summed E-state index contributed by atoms with van der Waals surface area (Å²) < 4.78 is 39.1. The summed E-state index contributed by atoms with van der Waals surface area (Å²) in [5, 5.41) is 2.81. The summed E-state index contributed by atoms with van der Waals surface area (Å²) in [7, 11) is 0. The molecule has 1 saturated heterocycles. The summed E-state index contributed by atoms with van der Waals surface area (Å²) in [4.78, 5) is 26.0. The highest BCUT2D eigenvalue weighted by molar-refractivity contribution is 6.30. The molecule has 1 N–H and O–H groups in total. The Hall–Kier alpha value is -2.54. The Bertz CT molecular complexity index is 837. The minimum absolute atomic E-state index is 0.0668. The summed E-state index contributed by atoms with van der Waals surface area (Å²) in [5.41, 5.74) is -0.653. The molecule has 2 aromatic carbocycles. The molecule has 1 aliphatic heterocycles. The van der Waals surface area contributed by atoms with Gasteiger partial charge in [-0.3, -0.25) is 9.59 Å². The third-order valence-electron chi connectivity index (χ3n) is 4.12. The lowest BCUT2D eigenvalue weighted by atomic mass is 10.1. The number of hydrogen-bond donors (Lipinski definition) is 1. The van der Waals surface area contributed by atoms with Gasteiger partial charge in [0.05, 0.1) is 17.2 Å². The second-order valence-corrected chi connectivity index (χ2v) is 6.35. The SMILES string of the molecule is O=C(Nc1ccccc1C(F)(F)F)[C@H]1CC(=O)N(c2ccc(Cl)cc2)C1. The van der Waals surface area contributed by atoms with E-state index in [4.69, 9.17) is 11.6 Å². The first-order chi connectivity index (χ1) is 12.3. The van der Waals surface area contributed by atoms with Crippen LogP contribution in [0.2, 0.25) is 5.02 Å². The van der Waals surface area contributed by atoms with Crippen molar-refractivity contribution in [3.05, 3.63) is 59.1 Å². The molecule has 1 aliphatic rings. The fraction of sp³-hybridized carbons (Fsp3) is 0.222. The van der Waals surface area contributed by atoms with E-state index >= 15 is 0 Å². The third-order valence-corrected chi connectivity index (χ3v) is 4.38. The fourth-order valence-electron chi connectivity index (χ4n) is 2.83. The van der Waals surface area contributed by atoms with Gasteiger partial charge in [-0.1, -0.05) is 23.7 Å². The number of nitrogens with zero attached hydrogens (tertiary/aromatic N) is 1. The number of carbonyl (C=O) groups is 2. The van der Waals surface area contributed by atoms with Crippen LogP contribution in [0.5, 0.6) is 0 Å². The molecule has 8 heteroatoms. The number of hydrogen-bond acceptors (Lipinski definition) is 2. The van der Waals surface area contributed by atoms with Gasteiger partial charge < -0.3 is 10.2 Å². The first kappa shape index (κ1) is 18.3. The van der Waals surface area contributed by atoms with Crippen LogP contribution >= 0.6 is 11.6 Å². The number of halogens is 4. The van der Waals surface area contributed by atoms with Crippen molar-refractivity contribution in [1.29, 1.82) is 0 Å². The Labute approximate surface area is 152 Å². The van der Waals surface area contributed by atoms with Crippen molar-refractivity contribution in [1.82, 2.24) is 0 Å². The summed E-state index contributed by atoms with van der Waals surface area (Å²) in [6, 6.07) is 11.3. The molecule has 0 unspecified atom stereocenters. The lowest BCUT2D eigenvalue weighted by Gasteiger charge is -2.18. The maximum Gasteiger partial charge on any atom is 0.418 e. The van der Waals surface area contributed by atoms with Crippen LogP contribution < -0.4 is 10.2 Å². The highest BCUT2D eigenvalue weighted by Crippen LogP contribution is 2.35. The van der Waals surface area contributed by atoms with Gasteiger partial charge in [0.2, 0.25) is 11.8 Å². The zero-order chi connectivity index (χ0) is 18.9. The minimum atomic E-state index is -4.58. The zero-order valence-electron chi connectivity index (χ0n) is 13.4. The van der Waals surface area contributed by atoms with Crippen LogP contribution in [0.1, 0.15) is 12.0 Å². The predicted molar refractivity (Wildman–Crippen MR) is 92.0 cm³/mol. The van der Waals surface area contributed by atoms with Crippen LogP contribution in [0.25, 0.3) is 0 Å². The third kappa shape index (κ3) is 3.83. The average molecular weight is 383 g/mol. The number of nitrogens with one attached hydrogen (secondary N) is 1. The maximum atomic E-state index is 13.0. The second-order valence-electron chi connectivity index (χ2n) is 5.91. The molecule has 3 rings (SSSR count). The van der Waals surface area contributed by atoms with Gasteiger partial charge in [0.1, 0.15) is 0 Å². The van der Waals surface area contributed by atoms with Crippen LogP contribution in [0.4, 0.5) is 24.5 Å². The highest BCUT2D eigenvalue weighted by Gasteiger charge is 2.37. The van der Waals surface area contributed by atoms with E-state index in [2.05, 4.69) is 5.32 Å². The van der Waals surface area contributed by atoms with Gasteiger partial charge in [-0.05, 0) is 36.4 Å². The number of carbonyl (C=O) groups excluding carboxylic acids is 2. The number of para-hydroxylation sites is 1. The highest BCUT2D eigenvalue weighted by atomic mass is 35.5. The molecule has 0 spiro atoms. The summed E-state index contributed by atoms with van der Waals surface area (Å²) in [6.45, 7) is 0.0977. The zero-order valence-corrected chi connectivity index (χ0v) is 14.1. The van der Waals surface area contributed by atoms with E-state index in [-0.39, 0.29) is 24.6 Å². The summed E-state index contributed by atoms with van der Waals surface area (Å²) >= 11 is 5.82. The Kier molecular flexibility index (Phi) is 4.91. The fourth-order valence-corrected chi connectivity index (χ4v) is 2.95. The van der Waals surface area contributed by atoms with Gasteiger partial charge in [-0.25, -0.2) is 0 Å². The molecule has 136 valence electrons. The first-order valence-electron chi connectivity index (χ1n) is 7.79. The summed E-state index contributed by atoms with van der Waals surface area (Å²) in [6.07, 6.45) is -4.65. The van der Waals surface area contributed by atoms with Crippen molar-refractivity contribution in [2.75, 3.05) is 16.8 Å². The molecule has 0 aromatic heterocycles. The number of rotatable bonds is 3. The predicted octanol–water partition coefficient (Wildman–Crippen LogP) is 4.35. The molecular weight excluding hydrogens is 369 g/mol. The lowest BCUT2D eigenvalue weighted by molar-refractivity contribution is -0.137. The van der Waals surface area contributed by atoms with Crippen molar-refractivity contribution in [3.8, 4) is 0 Å². The molecule has 4 nitrogen and oxygen atoms in total. The van der Waals surface area contributed by atoms with Crippen molar-refractivity contribution < 1.29 is 22.8 Å². The van der Waals surface area contributed by atoms with E-state index < -0.39 is 23.6 Å². The van der Waals surface area contributed by atoms with Crippen LogP contribution in [-0.2, 0) is 15.8 Å². The number of benzene rings is 2. The van der Waals surface area contributed by atoms with Crippen molar-refractivity contribution in [2.45, 2.75) is 12.6 Å². The molecule has 0 radical (unpaired) electrons. The van der Waals surface area contributed by atoms with Gasteiger partial charge in [-0.15, -0.1) is 0 Å². The van der Waals surface area contributed by atoms with Gasteiger partial charge in [0.25, 0.3) is 0 Å². The average Bonchev–Trinajstić information content (AvgIpc) is 2.97. The standard InChI is InChI=1S/C18H14ClF3N2O2/c19-12-5-7-13(8-6-12)24-10-11(9-16(24)25)17(26)23-15-4-2-1-3-14(15)18(20,21)22/h1-8,11H,9-10H2,(H,23,26)/t11-/m0/s1. The van der Waals surface area contributed by atoms with Gasteiger partial charge >= 0.3 is 6.18 Å². The molecule has 0 aliphatic carbocycles. The van der Waals surface area contributed by atoms with E-state index in [1.54, 1.807) is 24.3 Å². The number of amides is 2. The van der Waals surface area contributed by atoms with E-state index in [0.29, 0.717) is 10.7 Å². The molecule has 1 heterocycles. The van der Waals surface area contributed by atoms with Crippen molar-refractivity contribution >= 4 is 34.8 Å². The molecule has 0 saturated carbocycles. The van der Waals surface area contributed by atoms with E-state index in [9.17, 15) is 22.8 Å². The van der Waals surface area contributed by atoms with Crippen molar-refractivity contribution in [3.63, 3.8) is 0 Å². The lowest BCUT2D eigenvalue weighted by Crippen LogP contribution is -2.28. The summed E-state index contributed by atoms with van der Waals surface area (Å²) in [5.74, 6) is -1.62. The normalized spacial score (nSPS) is 17.5. The van der Waals surface area contributed by atoms with Crippen LogP contribution in [0, 0.1) is 5.92 Å². The monoisotopic (exact) mass is 382 g/mol. The van der Waals surface area contributed by atoms with Gasteiger partial charge in [-0.2, -0.15) is 13.2 Å². The van der Waals surface area contributed by atoms with E-state index in [1.165, 1.54) is 23.1 Å². The molecule has 2 aromatic rings. The first-order valence-corrected chi connectivity index (χ1v) is 8.16. The second kappa shape index (κ2) is 6.99. The molecule has 26 heavy (non-hydrogen) atoms. The molecule has 1 atom stereocenters. The maximum absolute atomic E-state index is 13.0. The number of alkyl halides is 3. The van der Waals surface area contributed by atoms with E-state index in [1.807, 2.05) is 0 Å². The topological polar surface area (TPSA) is 49.4 Å². The molecule has 1 fully saturated rings. The Morgan fingerprint density at radius 1 is 1.12 bits per heavy atom. The van der Waals surface area contributed by atoms with E-state index in [0.717, 1.165) is 6.07 Å². The Morgan fingerprint density at radius 3 is 2.42 bits per heavy atom. The number of anilines is 2.